The maximum atomic E-state index is 12.0. The van der Waals surface area contributed by atoms with Crippen LogP contribution in [0.1, 0.15) is 5.56 Å². The summed E-state index contributed by atoms with van der Waals surface area (Å²) >= 11 is 0. The Bertz CT molecular complexity index is 649. The Hall–Kier alpha value is -2.60. The van der Waals surface area contributed by atoms with Gasteiger partial charge < -0.3 is 15.0 Å². The molecule has 2 heterocycles. The van der Waals surface area contributed by atoms with Crippen LogP contribution in [0.3, 0.4) is 0 Å². The van der Waals surface area contributed by atoms with E-state index in [0.717, 1.165) is 43.2 Å². The first-order valence-electron chi connectivity index (χ1n) is 7.64. The van der Waals surface area contributed by atoms with Gasteiger partial charge in [0.1, 0.15) is 5.82 Å². The van der Waals surface area contributed by atoms with Crippen molar-refractivity contribution in [3.8, 4) is 0 Å². The van der Waals surface area contributed by atoms with E-state index < -0.39 is 0 Å². The summed E-state index contributed by atoms with van der Waals surface area (Å²) < 4.78 is 5.33. The first-order valence-corrected chi connectivity index (χ1v) is 7.64. The van der Waals surface area contributed by atoms with Crippen molar-refractivity contribution >= 4 is 23.2 Å². The highest BCUT2D eigenvalue weighted by Crippen LogP contribution is 2.16. The van der Waals surface area contributed by atoms with Crippen molar-refractivity contribution in [3.63, 3.8) is 0 Å². The van der Waals surface area contributed by atoms with Gasteiger partial charge in [-0.2, -0.15) is 0 Å². The van der Waals surface area contributed by atoms with E-state index in [-0.39, 0.29) is 6.03 Å². The third-order valence-electron chi connectivity index (χ3n) is 3.68. The van der Waals surface area contributed by atoms with Crippen LogP contribution < -0.4 is 15.5 Å². The number of nitrogens with one attached hydrogen (secondary N) is 2. The number of nitrogens with zero attached hydrogens (tertiary/aromatic N) is 2. The Morgan fingerprint density at radius 2 is 1.83 bits per heavy atom. The number of urea groups is 1. The van der Waals surface area contributed by atoms with E-state index in [9.17, 15) is 4.79 Å². The average molecular weight is 312 g/mol. The van der Waals surface area contributed by atoms with Crippen LogP contribution in [0.2, 0.25) is 0 Å². The van der Waals surface area contributed by atoms with Crippen LogP contribution in [-0.4, -0.2) is 37.3 Å². The fourth-order valence-electron chi connectivity index (χ4n) is 2.38. The van der Waals surface area contributed by atoms with Gasteiger partial charge in [-0.25, -0.2) is 9.78 Å². The number of carbonyl (C=O) groups excluding carboxylic acids is 1. The van der Waals surface area contributed by atoms with Gasteiger partial charge in [0, 0.05) is 18.8 Å². The number of hydrogen-bond donors (Lipinski definition) is 2. The van der Waals surface area contributed by atoms with Crippen molar-refractivity contribution in [1.82, 2.24) is 4.98 Å². The number of carbonyl (C=O) groups is 1. The molecule has 2 amide bonds. The average Bonchev–Trinajstić information content (AvgIpc) is 2.58. The van der Waals surface area contributed by atoms with Crippen LogP contribution in [0.5, 0.6) is 0 Å². The van der Waals surface area contributed by atoms with E-state index in [1.165, 1.54) is 0 Å². The molecule has 2 aromatic rings. The number of rotatable bonds is 3. The Morgan fingerprint density at radius 3 is 2.48 bits per heavy atom. The molecule has 1 aromatic carbocycles. The minimum Gasteiger partial charge on any atom is -0.378 e. The molecule has 23 heavy (non-hydrogen) atoms. The van der Waals surface area contributed by atoms with Gasteiger partial charge in [-0.05, 0) is 31.2 Å². The van der Waals surface area contributed by atoms with Crippen molar-refractivity contribution in [2.45, 2.75) is 6.92 Å². The number of aryl methyl sites for hydroxylation is 1. The van der Waals surface area contributed by atoms with Gasteiger partial charge in [-0.15, -0.1) is 0 Å². The lowest BCUT2D eigenvalue weighted by atomic mass is 10.2. The summed E-state index contributed by atoms with van der Waals surface area (Å²) in [5.41, 5.74) is 2.94. The molecule has 1 aromatic heterocycles. The number of morpholine rings is 1. The highest BCUT2D eigenvalue weighted by molar-refractivity contribution is 5.99. The molecule has 120 valence electrons. The van der Waals surface area contributed by atoms with E-state index in [0.29, 0.717) is 5.82 Å². The van der Waals surface area contributed by atoms with Crippen LogP contribution in [0.15, 0.2) is 42.6 Å². The smallest absolute Gasteiger partial charge is 0.324 e. The van der Waals surface area contributed by atoms with E-state index in [2.05, 4.69) is 20.5 Å². The maximum absolute atomic E-state index is 12.0. The zero-order valence-electron chi connectivity index (χ0n) is 13.1. The predicted octanol–water partition coefficient (Wildman–Crippen LogP) is 2.87. The molecule has 6 nitrogen and oxygen atoms in total. The van der Waals surface area contributed by atoms with Crippen LogP contribution >= 0.6 is 0 Å². The fourth-order valence-corrected chi connectivity index (χ4v) is 2.38. The lowest BCUT2D eigenvalue weighted by Crippen LogP contribution is -2.36. The molecule has 0 aliphatic carbocycles. The largest absolute Gasteiger partial charge is 0.378 e. The lowest BCUT2D eigenvalue weighted by Gasteiger charge is -2.28. The molecule has 0 radical (unpaired) electrons. The number of benzene rings is 1. The second kappa shape index (κ2) is 7.11. The fraction of sp³-hybridized carbons (Fsp3) is 0.294. The second-order valence-corrected chi connectivity index (χ2v) is 5.45. The number of aromatic nitrogens is 1. The maximum Gasteiger partial charge on any atom is 0.324 e. The van der Waals surface area contributed by atoms with Crippen molar-refractivity contribution in [2.75, 3.05) is 41.8 Å². The molecule has 1 fully saturated rings. The van der Waals surface area contributed by atoms with Crippen LogP contribution in [-0.2, 0) is 4.74 Å². The van der Waals surface area contributed by atoms with Gasteiger partial charge in [0.25, 0.3) is 0 Å². The number of ether oxygens (including phenoxy) is 1. The lowest BCUT2D eigenvalue weighted by molar-refractivity contribution is 0.122. The third kappa shape index (κ3) is 4.20. The predicted molar refractivity (Wildman–Crippen MR) is 91.1 cm³/mol. The summed E-state index contributed by atoms with van der Waals surface area (Å²) in [6.07, 6.45) is 1.77. The SMILES string of the molecule is Cc1ccc(NC(=O)Nc2ccc(N3CCOCC3)cn2)cc1. The Morgan fingerprint density at radius 1 is 1.09 bits per heavy atom. The zero-order chi connectivity index (χ0) is 16.1. The first-order chi connectivity index (χ1) is 11.2. The van der Waals surface area contributed by atoms with Crippen molar-refractivity contribution in [2.24, 2.45) is 0 Å². The van der Waals surface area contributed by atoms with Crippen LogP contribution in [0.25, 0.3) is 0 Å². The highest BCUT2D eigenvalue weighted by Gasteiger charge is 2.11. The molecule has 0 unspecified atom stereocenters. The number of amides is 2. The molecular weight excluding hydrogens is 292 g/mol. The summed E-state index contributed by atoms with van der Waals surface area (Å²) in [6, 6.07) is 11.1. The van der Waals surface area contributed by atoms with E-state index in [1.54, 1.807) is 12.3 Å². The standard InChI is InChI=1S/C17H20N4O2/c1-13-2-4-14(5-3-13)19-17(22)20-16-7-6-15(12-18-16)21-8-10-23-11-9-21/h2-7,12H,8-11H2,1H3,(H2,18,19,20,22). The Kier molecular flexibility index (Phi) is 4.73. The van der Waals surface area contributed by atoms with Gasteiger partial charge in [0.15, 0.2) is 0 Å². The van der Waals surface area contributed by atoms with Crippen molar-refractivity contribution in [1.29, 1.82) is 0 Å². The summed E-state index contributed by atoms with van der Waals surface area (Å²) in [5.74, 6) is 0.520. The van der Waals surface area contributed by atoms with Crippen LogP contribution in [0, 0.1) is 6.92 Å². The first kappa shape index (κ1) is 15.3. The van der Waals surface area contributed by atoms with Crippen LogP contribution in [0.4, 0.5) is 22.0 Å². The minimum atomic E-state index is -0.305. The molecule has 1 aliphatic heterocycles. The van der Waals surface area contributed by atoms with E-state index >= 15 is 0 Å². The molecule has 0 bridgehead atoms. The van der Waals surface area contributed by atoms with E-state index in [4.69, 9.17) is 4.74 Å². The Balaban J connectivity index is 1.57. The summed E-state index contributed by atoms with van der Waals surface area (Å²) in [5, 5.41) is 5.51. The number of anilines is 3. The summed E-state index contributed by atoms with van der Waals surface area (Å²) in [4.78, 5) is 18.5. The van der Waals surface area contributed by atoms with Gasteiger partial charge in [0.2, 0.25) is 0 Å². The van der Waals surface area contributed by atoms with Gasteiger partial charge in [-0.3, -0.25) is 5.32 Å². The zero-order valence-corrected chi connectivity index (χ0v) is 13.1. The van der Waals surface area contributed by atoms with Crippen molar-refractivity contribution in [3.05, 3.63) is 48.2 Å². The minimum absolute atomic E-state index is 0.305. The summed E-state index contributed by atoms with van der Waals surface area (Å²) in [6.45, 7) is 5.20. The van der Waals surface area contributed by atoms with Crippen molar-refractivity contribution < 1.29 is 9.53 Å². The summed E-state index contributed by atoms with van der Waals surface area (Å²) in [7, 11) is 0. The molecule has 0 spiro atoms. The molecule has 1 aliphatic rings. The topological polar surface area (TPSA) is 66.5 Å². The number of hydrogen-bond acceptors (Lipinski definition) is 4. The molecule has 0 saturated carbocycles. The molecule has 3 rings (SSSR count). The Labute approximate surface area is 135 Å². The molecule has 1 saturated heterocycles. The molecule has 6 heteroatoms. The monoisotopic (exact) mass is 312 g/mol. The third-order valence-corrected chi connectivity index (χ3v) is 3.68. The molecule has 2 N–H and O–H groups in total. The van der Waals surface area contributed by atoms with Gasteiger partial charge in [-0.1, -0.05) is 17.7 Å². The quantitative estimate of drug-likeness (QED) is 0.914. The second-order valence-electron chi connectivity index (χ2n) is 5.45. The van der Waals surface area contributed by atoms with E-state index in [1.807, 2.05) is 37.3 Å². The van der Waals surface area contributed by atoms with Gasteiger partial charge >= 0.3 is 6.03 Å². The number of pyridine rings is 1. The molecule has 0 atom stereocenters. The normalized spacial score (nSPS) is 14.4. The van der Waals surface area contributed by atoms with Gasteiger partial charge in [0.05, 0.1) is 25.1 Å². The molecular formula is C17H20N4O2. The highest BCUT2D eigenvalue weighted by atomic mass is 16.5.